The zero-order chi connectivity index (χ0) is 9.23. The maximum atomic E-state index is 10.3. The molecule has 0 saturated carbocycles. The molecule has 0 unspecified atom stereocenters. The van der Waals surface area contributed by atoms with Gasteiger partial charge in [0, 0.05) is 0 Å². The minimum Gasteiger partial charge on any atom is -0.446 e. The van der Waals surface area contributed by atoms with Gasteiger partial charge in [0.05, 0.1) is 5.29 Å². The lowest BCUT2D eigenvalue weighted by Crippen LogP contribution is -2.38. The van der Waals surface area contributed by atoms with E-state index < -0.39 is 6.09 Å². The molecule has 0 heterocycles. The van der Waals surface area contributed by atoms with Crippen molar-refractivity contribution in [2.75, 3.05) is 13.2 Å². The summed E-state index contributed by atoms with van der Waals surface area (Å²) in [5.74, 6) is 4.76. The second-order valence-corrected chi connectivity index (χ2v) is 1.43. The van der Waals surface area contributed by atoms with Gasteiger partial charge in [0.15, 0.2) is 0 Å². The first-order valence-corrected chi connectivity index (χ1v) is 2.88. The number of hydrazine groups is 2. The van der Waals surface area contributed by atoms with E-state index in [1.807, 2.05) is 5.53 Å². The second kappa shape index (κ2) is 7.81. The van der Waals surface area contributed by atoms with Gasteiger partial charge in [-0.2, -0.15) is 11.0 Å². The van der Waals surface area contributed by atoms with Gasteiger partial charge in [0.1, 0.15) is 13.2 Å². The molecule has 12 heavy (non-hydrogen) atoms. The molecule has 70 valence electrons. The van der Waals surface area contributed by atoms with Crippen LogP contribution in [0, 0.1) is 4.91 Å². The number of carbonyl (C=O) groups excluding carboxylic acids is 1. The highest BCUT2D eigenvalue weighted by atomic mass is 16.7. The van der Waals surface area contributed by atoms with Crippen LogP contribution in [0.15, 0.2) is 5.29 Å². The number of hydrogen-bond donors (Lipinski definition) is 4. The van der Waals surface area contributed by atoms with Gasteiger partial charge in [-0.3, -0.25) is 10.7 Å². The fourth-order valence-corrected chi connectivity index (χ4v) is 0.338. The minimum atomic E-state index is -0.936. The predicted octanol–water partition coefficient (Wildman–Crippen LogP) is -1.71. The number of rotatable bonds is 6. The van der Waals surface area contributed by atoms with Crippen LogP contribution in [0.25, 0.3) is 0 Å². The van der Waals surface area contributed by atoms with Gasteiger partial charge in [-0.1, -0.05) is 0 Å². The third-order valence-corrected chi connectivity index (χ3v) is 0.687. The van der Waals surface area contributed by atoms with Crippen LogP contribution in [0.3, 0.4) is 0 Å². The molecule has 0 aliphatic rings. The second-order valence-electron chi connectivity index (χ2n) is 1.43. The van der Waals surface area contributed by atoms with E-state index in [4.69, 9.17) is 5.84 Å². The zero-order valence-corrected chi connectivity index (χ0v) is 6.07. The summed E-state index contributed by atoms with van der Waals surface area (Å²) in [6.07, 6.45) is -0.936. The molecule has 0 aromatic heterocycles. The highest BCUT2D eigenvalue weighted by Crippen LogP contribution is 1.77. The van der Waals surface area contributed by atoms with Crippen molar-refractivity contribution in [1.82, 2.24) is 16.5 Å². The van der Waals surface area contributed by atoms with Crippen molar-refractivity contribution in [1.29, 1.82) is 0 Å². The zero-order valence-electron chi connectivity index (χ0n) is 6.07. The third kappa shape index (κ3) is 6.82. The van der Waals surface area contributed by atoms with Gasteiger partial charge in [0.25, 0.3) is 0 Å². The van der Waals surface area contributed by atoms with Crippen molar-refractivity contribution in [3.8, 4) is 0 Å². The molecule has 0 fully saturated rings. The number of nitroso groups, excluding NO2 is 1. The maximum absolute atomic E-state index is 10.3. The lowest BCUT2D eigenvalue weighted by Gasteiger charge is -2.03. The van der Waals surface area contributed by atoms with E-state index in [9.17, 15) is 9.70 Å². The van der Waals surface area contributed by atoms with Crippen LogP contribution in [0.1, 0.15) is 0 Å². The van der Waals surface area contributed by atoms with E-state index in [-0.39, 0.29) is 13.2 Å². The Kier molecular flexibility index (Phi) is 6.97. The van der Waals surface area contributed by atoms with E-state index in [2.05, 4.69) is 20.4 Å². The summed E-state index contributed by atoms with van der Waals surface area (Å²) in [4.78, 5) is 24.3. The monoisotopic (exact) mass is 179 g/mol. The van der Waals surface area contributed by atoms with E-state index in [1.165, 1.54) is 5.43 Å². The first-order valence-electron chi connectivity index (χ1n) is 2.88. The highest BCUT2D eigenvalue weighted by molar-refractivity contribution is 5.66. The molecule has 5 N–H and O–H groups in total. The molecule has 0 bridgehead atoms. The average Bonchev–Trinajstić information content (AvgIpc) is 2.05. The molecular formula is C3H9N5O4. The van der Waals surface area contributed by atoms with Gasteiger partial charge in [-0.05, 0) is 0 Å². The predicted molar refractivity (Wildman–Crippen MR) is 36.7 cm³/mol. The average molecular weight is 179 g/mol. The number of amides is 1. The normalized spacial score (nSPS) is 9.08. The molecule has 1 amide bonds. The maximum Gasteiger partial charge on any atom is 0.430 e. The Morgan fingerprint density at radius 2 is 2.25 bits per heavy atom. The van der Waals surface area contributed by atoms with E-state index in [0.29, 0.717) is 0 Å². The number of nitrogens with one attached hydrogen (secondary N) is 3. The van der Waals surface area contributed by atoms with Gasteiger partial charge in [-0.25, -0.2) is 4.79 Å². The molecular weight excluding hydrogens is 170 g/mol. The summed E-state index contributed by atoms with van der Waals surface area (Å²) in [5.41, 5.74) is 5.60. The molecule has 9 nitrogen and oxygen atoms in total. The Labute approximate surface area is 67.4 Å². The van der Waals surface area contributed by atoms with Crippen LogP contribution >= 0.6 is 0 Å². The summed E-state index contributed by atoms with van der Waals surface area (Å²) in [5, 5.41) is 2.09. The van der Waals surface area contributed by atoms with E-state index >= 15 is 0 Å². The standard InChI is InChI=1S/C3H9N5O4/c4-6-8-12-2-1-11-3(9)5-7-10/h6,8H,1-2,4H2,(H,5,9,10). The summed E-state index contributed by atoms with van der Waals surface area (Å²) in [6.45, 7) is 0.0481. The number of carbonyl (C=O) groups is 1. The van der Waals surface area contributed by atoms with Crippen molar-refractivity contribution < 1.29 is 14.4 Å². The van der Waals surface area contributed by atoms with Gasteiger partial charge in [0.2, 0.25) is 0 Å². The van der Waals surface area contributed by atoms with Crippen LogP contribution in [0.2, 0.25) is 0 Å². The van der Waals surface area contributed by atoms with Crippen molar-refractivity contribution >= 4 is 6.09 Å². The van der Waals surface area contributed by atoms with Gasteiger partial charge in [-0.15, -0.1) is 10.5 Å². The molecule has 0 aromatic carbocycles. The molecule has 0 saturated heterocycles. The van der Waals surface area contributed by atoms with Crippen molar-refractivity contribution in [3.63, 3.8) is 0 Å². The summed E-state index contributed by atoms with van der Waals surface area (Å²) in [7, 11) is 0. The number of hydrogen-bond acceptors (Lipinski definition) is 8. The molecule has 0 spiro atoms. The lowest BCUT2D eigenvalue weighted by molar-refractivity contribution is -0.0118. The van der Waals surface area contributed by atoms with E-state index in [0.717, 1.165) is 0 Å². The topological polar surface area (TPSA) is 127 Å². The molecule has 0 radical (unpaired) electrons. The van der Waals surface area contributed by atoms with Crippen LogP contribution in [0.4, 0.5) is 4.79 Å². The Bertz CT molecular complexity index is 141. The first kappa shape index (κ1) is 10.7. The molecule has 0 aliphatic heterocycles. The largest absolute Gasteiger partial charge is 0.446 e. The van der Waals surface area contributed by atoms with Crippen molar-refractivity contribution in [2.45, 2.75) is 0 Å². The molecule has 0 rings (SSSR count). The smallest absolute Gasteiger partial charge is 0.430 e. The van der Waals surface area contributed by atoms with Crippen LogP contribution < -0.4 is 22.4 Å². The van der Waals surface area contributed by atoms with Crippen molar-refractivity contribution in [2.24, 2.45) is 11.1 Å². The molecule has 9 heteroatoms. The first-order chi connectivity index (χ1) is 5.81. The van der Waals surface area contributed by atoms with Crippen molar-refractivity contribution in [3.05, 3.63) is 4.91 Å². The fourth-order valence-electron chi connectivity index (χ4n) is 0.338. The highest BCUT2D eigenvalue weighted by Gasteiger charge is 1.98. The number of nitrogens with two attached hydrogens (primary N) is 1. The van der Waals surface area contributed by atoms with Gasteiger partial charge >= 0.3 is 6.09 Å². The Balaban J connectivity index is 3.08. The quantitative estimate of drug-likeness (QED) is 0.165. The molecule has 0 atom stereocenters. The summed E-state index contributed by atoms with van der Waals surface area (Å²) < 4.78 is 4.35. The summed E-state index contributed by atoms with van der Waals surface area (Å²) >= 11 is 0. The van der Waals surface area contributed by atoms with Gasteiger partial charge < -0.3 is 4.74 Å². The minimum absolute atomic E-state index is 0.0317. The fraction of sp³-hybridized carbons (Fsp3) is 0.667. The number of ether oxygens (including phenoxy) is 1. The Morgan fingerprint density at radius 3 is 2.83 bits per heavy atom. The van der Waals surface area contributed by atoms with Crippen LogP contribution in [-0.4, -0.2) is 19.3 Å². The van der Waals surface area contributed by atoms with Crippen LogP contribution in [-0.2, 0) is 9.57 Å². The lowest BCUT2D eigenvalue weighted by atomic mass is 10.8. The van der Waals surface area contributed by atoms with Crippen LogP contribution in [0.5, 0.6) is 0 Å². The Morgan fingerprint density at radius 1 is 1.50 bits per heavy atom. The molecule has 0 aromatic rings. The molecule has 0 aliphatic carbocycles. The summed E-state index contributed by atoms with van der Waals surface area (Å²) in [6, 6.07) is 0. The van der Waals surface area contributed by atoms with E-state index in [1.54, 1.807) is 0 Å². The number of nitrogens with zero attached hydrogens (tertiary/aromatic N) is 1. The third-order valence-electron chi connectivity index (χ3n) is 0.687. The SMILES string of the molecule is NNNOCCOC(=O)NN=O. The Hall–Kier alpha value is -1.29.